The Balaban J connectivity index is 1.48. The van der Waals surface area contributed by atoms with Gasteiger partial charge in [0.1, 0.15) is 0 Å². The molecule has 1 heterocycles. The van der Waals surface area contributed by atoms with Crippen molar-refractivity contribution in [2.75, 3.05) is 6.54 Å². The number of likely N-dealkylation sites (tertiary alicyclic amines) is 1. The molecule has 2 amide bonds. The predicted octanol–water partition coefficient (Wildman–Crippen LogP) is 1.82. The monoisotopic (exact) mass is 334 g/mol. The Labute approximate surface area is 144 Å². The minimum Gasteiger partial charge on any atom is -0.390 e. The molecule has 4 aliphatic carbocycles. The average Bonchev–Trinajstić information content (AvgIpc) is 2.43. The number of nitrogens with two attached hydrogens (primary N) is 1. The molecule has 4 bridgehead atoms. The number of hydrogen-bond donors (Lipinski definition) is 2. The number of amides is 2. The van der Waals surface area contributed by atoms with E-state index >= 15 is 0 Å². The van der Waals surface area contributed by atoms with Gasteiger partial charge in [-0.2, -0.15) is 0 Å². The molecule has 5 aliphatic rings. The first-order valence-electron chi connectivity index (χ1n) is 9.59. The molecule has 1 aliphatic heterocycles. The van der Waals surface area contributed by atoms with Crippen LogP contribution >= 0.6 is 0 Å². The molecule has 0 aromatic rings. The molecule has 5 rings (SSSR count). The molecule has 4 atom stereocenters. The highest BCUT2D eigenvalue weighted by Crippen LogP contribution is 2.63. The summed E-state index contributed by atoms with van der Waals surface area (Å²) in [4.78, 5) is 26.5. The van der Waals surface area contributed by atoms with Crippen LogP contribution in [0.15, 0.2) is 0 Å². The number of carbonyl (C=O) groups is 2. The quantitative estimate of drug-likeness (QED) is 0.826. The third-order valence-corrected chi connectivity index (χ3v) is 7.28. The van der Waals surface area contributed by atoms with Crippen LogP contribution in [0.2, 0.25) is 0 Å². The van der Waals surface area contributed by atoms with Crippen LogP contribution < -0.4 is 5.73 Å². The number of carbonyl (C=O) groups excluding carboxylic acids is 2. The number of rotatable bonds is 3. The van der Waals surface area contributed by atoms with Crippen LogP contribution in [0.3, 0.4) is 0 Å². The van der Waals surface area contributed by atoms with Gasteiger partial charge in [0, 0.05) is 19.0 Å². The SMILES string of the molecule is C[C@@H]1CC[C@@H](C(N)=O)CN1C(=O)CC12C[C@H]3C[C@@H](CC(O)(C3)C1)C2. The molecule has 0 radical (unpaired) electrons. The Morgan fingerprint density at radius 3 is 2.42 bits per heavy atom. The second-order valence-electron chi connectivity index (χ2n) is 9.43. The number of piperidine rings is 1. The third-order valence-electron chi connectivity index (χ3n) is 7.28. The molecule has 0 aromatic heterocycles. The van der Waals surface area contributed by atoms with Gasteiger partial charge in [0.2, 0.25) is 11.8 Å². The lowest BCUT2D eigenvalue weighted by Crippen LogP contribution is -2.57. The van der Waals surface area contributed by atoms with Crippen LogP contribution in [0.25, 0.3) is 0 Å². The van der Waals surface area contributed by atoms with E-state index in [1.807, 2.05) is 4.90 Å². The fourth-order valence-corrected chi connectivity index (χ4v) is 6.72. The Morgan fingerprint density at radius 1 is 1.17 bits per heavy atom. The summed E-state index contributed by atoms with van der Waals surface area (Å²) >= 11 is 0. The van der Waals surface area contributed by atoms with Crippen molar-refractivity contribution in [2.24, 2.45) is 28.9 Å². The van der Waals surface area contributed by atoms with E-state index in [1.54, 1.807) is 0 Å². The van der Waals surface area contributed by atoms with Gasteiger partial charge in [-0.1, -0.05) is 0 Å². The van der Waals surface area contributed by atoms with Crippen molar-refractivity contribution < 1.29 is 14.7 Å². The van der Waals surface area contributed by atoms with Crippen molar-refractivity contribution in [3.63, 3.8) is 0 Å². The lowest BCUT2D eigenvalue weighted by atomic mass is 9.47. The molecule has 0 spiro atoms. The zero-order chi connectivity index (χ0) is 17.1. The average molecular weight is 334 g/mol. The van der Waals surface area contributed by atoms with E-state index in [2.05, 4.69) is 6.92 Å². The Bertz CT molecular complexity index is 547. The molecule has 5 nitrogen and oxygen atoms in total. The Kier molecular flexibility index (Phi) is 3.72. The first-order chi connectivity index (χ1) is 11.3. The first-order valence-corrected chi connectivity index (χ1v) is 9.59. The van der Waals surface area contributed by atoms with E-state index < -0.39 is 5.60 Å². The smallest absolute Gasteiger partial charge is 0.223 e. The Morgan fingerprint density at radius 2 is 1.83 bits per heavy atom. The maximum absolute atomic E-state index is 13.1. The van der Waals surface area contributed by atoms with E-state index in [0.717, 1.165) is 44.9 Å². The maximum Gasteiger partial charge on any atom is 0.223 e. The summed E-state index contributed by atoms with van der Waals surface area (Å²) in [5.41, 5.74) is 4.95. The second kappa shape index (κ2) is 5.45. The van der Waals surface area contributed by atoms with E-state index in [0.29, 0.717) is 24.8 Å². The van der Waals surface area contributed by atoms with E-state index in [-0.39, 0.29) is 29.2 Å². The Hall–Kier alpha value is -1.10. The van der Waals surface area contributed by atoms with Gasteiger partial charge in [0.05, 0.1) is 11.5 Å². The van der Waals surface area contributed by atoms with Crippen LogP contribution in [0, 0.1) is 23.2 Å². The van der Waals surface area contributed by atoms with Crippen LogP contribution in [0.1, 0.15) is 64.7 Å². The maximum atomic E-state index is 13.1. The van der Waals surface area contributed by atoms with Crippen molar-refractivity contribution in [1.29, 1.82) is 0 Å². The lowest BCUT2D eigenvalue weighted by Gasteiger charge is -2.60. The van der Waals surface area contributed by atoms with Gasteiger partial charge in [0.15, 0.2) is 0 Å². The van der Waals surface area contributed by atoms with Crippen LogP contribution in [-0.2, 0) is 9.59 Å². The van der Waals surface area contributed by atoms with Crippen LogP contribution in [-0.4, -0.2) is 40.0 Å². The van der Waals surface area contributed by atoms with Gasteiger partial charge in [-0.25, -0.2) is 0 Å². The van der Waals surface area contributed by atoms with Crippen molar-refractivity contribution in [3.8, 4) is 0 Å². The molecule has 0 unspecified atom stereocenters. The van der Waals surface area contributed by atoms with Gasteiger partial charge < -0.3 is 15.7 Å². The van der Waals surface area contributed by atoms with E-state index in [9.17, 15) is 14.7 Å². The summed E-state index contributed by atoms with van der Waals surface area (Å²) in [5.74, 6) is 0.871. The summed E-state index contributed by atoms with van der Waals surface area (Å²) in [6.07, 6.45) is 8.27. The molecule has 5 heteroatoms. The van der Waals surface area contributed by atoms with Gasteiger partial charge in [-0.3, -0.25) is 9.59 Å². The normalized spacial score (nSPS) is 47.0. The summed E-state index contributed by atoms with van der Waals surface area (Å²) < 4.78 is 0. The highest BCUT2D eigenvalue weighted by atomic mass is 16.3. The van der Waals surface area contributed by atoms with E-state index in [4.69, 9.17) is 5.73 Å². The first kappa shape index (κ1) is 16.4. The van der Waals surface area contributed by atoms with Gasteiger partial charge in [-0.15, -0.1) is 0 Å². The predicted molar refractivity (Wildman–Crippen MR) is 89.8 cm³/mol. The summed E-state index contributed by atoms with van der Waals surface area (Å²) in [5, 5.41) is 10.9. The van der Waals surface area contributed by atoms with Gasteiger partial charge in [0.25, 0.3) is 0 Å². The third kappa shape index (κ3) is 2.75. The summed E-state index contributed by atoms with van der Waals surface area (Å²) in [6, 6.07) is 0.185. The molecule has 24 heavy (non-hydrogen) atoms. The molecule has 1 saturated heterocycles. The fraction of sp³-hybridized carbons (Fsp3) is 0.895. The molecule has 0 aromatic carbocycles. The molecular weight excluding hydrogens is 304 g/mol. The van der Waals surface area contributed by atoms with Gasteiger partial charge >= 0.3 is 0 Å². The van der Waals surface area contributed by atoms with Crippen LogP contribution in [0.4, 0.5) is 0 Å². The highest BCUT2D eigenvalue weighted by molar-refractivity contribution is 5.81. The number of aliphatic hydroxyl groups is 1. The van der Waals surface area contributed by atoms with Crippen LogP contribution in [0.5, 0.6) is 0 Å². The minimum atomic E-state index is -0.520. The molecule has 134 valence electrons. The summed E-state index contributed by atoms with van der Waals surface area (Å²) in [7, 11) is 0. The molecule has 5 fully saturated rings. The molecule has 4 saturated carbocycles. The van der Waals surface area contributed by atoms with Crippen molar-refractivity contribution >= 4 is 11.8 Å². The zero-order valence-corrected chi connectivity index (χ0v) is 14.7. The van der Waals surface area contributed by atoms with E-state index in [1.165, 1.54) is 6.42 Å². The van der Waals surface area contributed by atoms with Crippen molar-refractivity contribution in [2.45, 2.75) is 76.4 Å². The topological polar surface area (TPSA) is 83.6 Å². The largest absolute Gasteiger partial charge is 0.390 e. The fourth-order valence-electron chi connectivity index (χ4n) is 6.72. The number of primary amides is 1. The minimum absolute atomic E-state index is 0.00466. The zero-order valence-electron chi connectivity index (χ0n) is 14.7. The van der Waals surface area contributed by atoms with Crippen molar-refractivity contribution in [3.05, 3.63) is 0 Å². The summed E-state index contributed by atoms with van der Waals surface area (Å²) in [6.45, 7) is 2.55. The standard InChI is InChI=1S/C19H30N2O3/c1-12-2-3-15(17(20)23)10-21(12)16(22)9-18-5-13-4-14(6-18)8-19(24,7-13)11-18/h12-15,24H,2-11H2,1H3,(H2,20,23)/t12-,13-,14-,15-,18?,19?/m1/s1. The molecule has 3 N–H and O–H groups in total. The number of nitrogens with zero attached hydrogens (tertiary/aromatic N) is 1. The van der Waals surface area contributed by atoms with Crippen molar-refractivity contribution in [1.82, 2.24) is 4.90 Å². The molecular formula is C19H30N2O3. The second-order valence-corrected chi connectivity index (χ2v) is 9.43. The number of hydrogen-bond acceptors (Lipinski definition) is 3. The van der Waals surface area contributed by atoms with Gasteiger partial charge in [-0.05, 0) is 75.5 Å². The highest BCUT2D eigenvalue weighted by Gasteiger charge is 2.57. The lowest BCUT2D eigenvalue weighted by molar-refractivity contribution is -0.173.